The molecule has 166 valence electrons. The highest BCUT2D eigenvalue weighted by atomic mass is 16.9. The Morgan fingerprint density at radius 1 is 1.24 bits per heavy atom. The lowest BCUT2D eigenvalue weighted by molar-refractivity contribution is -0.760. The number of carboxylic acid groups (broad SMARTS) is 1. The Labute approximate surface area is 169 Å². The summed E-state index contributed by atoms with van der Waals surface area (Å²) in [4.78, 5) is 53.2. The summed E-state index contributed by atoms with van der Waals surface area (Å²) in [5, 5.41) is 18.1. The van der Waals surface area contributed by atoms with E-state index in [9.17, 15) is 24.5 Å². The molecule has 0 bridgehead atoms. The van der Waals surface area contributed by atoms with Gasteiger partial charge in [0.15, 0.2) is 0 Å². The van der Waals surface area contributed by atoms with Gasteiger partial charge in [0.05, 0.1) is 12.0 Å². The second kappa shape index (κ2) is 11.5. The van der Waals surface area contributed by atoms with Crippen LogP contribution in [0.15, 0.2) is 0 Å². The minimum atomic E-state index is -1.15. The first-order valence-electron chi connectivity index (χ1n) is 9.46. The van der Waals surface area contributed by atoms with Crippen molar-refractivity contribution in [3.63, 3.8) is 0 Å². The molecule has 1 heterocycles. The third kappa shape index (κ3) is 9.05. The van der Waals surface area contributed by atoms with Gasteiger partial charge in [0, 0.05) is 39.1 Å². The summed E-state index contributed by atoms with van der Waals surface area (Å²) in [6.45, 7) is 6.18. The van der Waals surface area contributed by atoms with Gasteiger partial charge in [-0.05, 0) is 26.7 Å². The van der Waals surface area contributed by atoms with E-state index in [2.05, 4.69) is 9.74 Å². The zero-order valence-corrected chi connectivity index (χ0v) is 16.9. The van der Waals surface area contributed by atoms with Gasteiger partial charge in [-0.1, -0.05) is 0 Å². The van der Waals surface area contributed by atoms with E-state index in [0.29, 0.717) is 39.1 Å². The van der Waals surface area contributed by atoms with Gasteiger partial charge in [0.1, 0.15) is 12.6 Å². The Morgan fingerprint density at radius 3 is 2.41 bits per heavy atom. The molecule has 0 radical (unpaired) electrons. The summed E-state index contributed by atoms with van der Waals surface area (Å²) in [5.74, 6) is -1.81. The highest BCUT2D eigenvalue weighted by Crippen LogP contribution is 2.20. The molecule has 0 aromatic rings. The van der Waals surface area contributed by atoms with Crippen LogP contribution in [-0.4, -0.2) is 89.8 Å². The summed E-state index contributed by atoms with van der Waals surface area (Å²) in [6, 6.07) is -1.07. The van der Waals surface area contributed by atoms with Crippen molar-refractivity contribution < 1.29 is 34.2 Å². The molecule has 0 spiro atoms. The highest BCUT2D eigenvalue weighted by Gasteiger charge is 2.34. The quantitative estimate of drug-likeness (QED) is 0.182. The van der Waals surface area contributed by atoms with Crippen LogP contribution < -0.4 is 5.73 Å². The molecule has 1 aliphatic heterocycles. The predicted octanol–water partition coefficient (Wildman–Crippen LogP) is -0.509. The predicted molar refractivity (Wildman–Crippen MR) is 100 cm³/mol. The number of hydrogen-bond acceptors (Lipinski definition) is 9. The second-order valence-corrected chi connectivity index (χ2v) is 7.57. The first kappa shape index (κ1) is 24.6. The van der Waals surface area contributed by atoms with E-state index >= 15 is 0 Å². The number of aliphatic carboxylic acids is 1. The molecule has 1 aliphatic rings. The Balaban J connectivity index is 2.22. The molecule has 0 aromatic carbocycles. The summed E-state index contributed by atoms with van der Waals surface area (Å²) in [6.07, 6.45) is 0.615. The molecule has 1 amide bonds. The number of carboxylic acids is 1. The minimum absolute atomic E-state index is 0.0349. The van der Waals surface area contributed by atoms with Crippen molar-refractivity contribution in [2.45, 2.75) is 39.2 Å². The number of nitrogens with zero attached hydrogens (tertiary/aromatic N) is 3. The molecule has 0 saturated carbocycles. The molecule has 1 fully saturated rings. The van der Waals surface area contributed by atoms with Crippen LogP contribution in [0.5, 0.6) is 0 Å². The van der Waals surface area contributed by atoms with Gasteiger partial charge in [0.2, 0.25) is 5.91 Å². The number of carbonyl (C=O) groups excluding carboxylic acids is 2. The molecule has 1 rings (SSSR count). The van der Waals surface area contributed by atoms with Crippen molar-refractivity contribution in [1.29, 1.82) is 0 Å². The maximum absolute atomic E-state index is 12.5. The zero-order valence-electron chi connectivity index (χ0n) is 16.9. The van der Waals surface area contributed by atoms with E-state index in [1.165, 1.54) is 0 Å². The van der Waals surface area contributed by atoms with Crippen molar-refractivity contribution in [3.8, 4) is 0 Å². The minimum Gasteiger partial charge on any atom is -0.480 e. The standard InChI is InChI=1S/C17H30N4O8/c1-17(2,12-29-21(26)27)16(25)20-9-7-19(8-10-20)6-3-11-28-14(22)5-4-13(18)15(23)24/h13H,3-12,18H2,1-2H3,(H,23,24)/t13-/m0/s1. The Hall–Kier alpha value is -2.47. The lowest BCUT2D eigenvalue weighted by Gasteiger charge is -2.38. The smallest absolute Gasteiger partial charge is 0.320 e. The number of nitrogens with two attached hydrogens (primary N) is 1. The number of amides is 1. The van der Waals surface area contributed by atoms with E-state index in [1.54, 1.807) is 18.7 Å². The highest BCUT2D eigenvalue weighted by molar-refractivity contribution is 5.82. The molecule has 0 aliphatic carbocycles. The fraction of sp³-hybridized carbons (Fsp3) is 0.824. The first-order valence-corrected chi connectivity index (χ1v) is 9.46. The molecule has 1 atom stereocenters. The van der Waals surface area contributed by atoms with E-state index in [1.807, 2.05) is 0 Å². The van der Waals surface area contributed by atoms with Gasteiger partial charge < -0.3 is 25.3 Å². The van der Waals surface area contributed by atoms with Crippen molar-refractivity contribution in [2.24, 2.45) is 11.1 Å². The second-order valence-electron chi connectivity index (χ2n) is 7.57. The van der Waals surface area contributed by atoms with Gasteiger partial charge in [-0.25, -0.2) is 0 Å². The SMILES string of the molecule is CC(C)(CO[N+](=O)[O-])C(=O)N1CCN(CCCOC(=O)CC[C@H](N)C(=O)O)CC1. The molecule has 12 nitrogen and oxygen atoms in total. The summed E-state index contributed by atoms with van der Waals surface area (Å²) in [7, 11) is 0. The fourth-order valence-corrected chi connectivity index (χ4v) is 2.82. The zero-order chi connectivity index (χ0) is 22.0. The average molecular weight is 418 g/mol. The third-order valence-corrected chi connectivity index (χ3v) is 4.63. The molecule has 29 heavy (non-hydrogen) atoms. The largest absolute Gasteiger partial charge is 0.480 e. The van der Waals surface area contributed by atoms with E-state index in [0.717, 1.165) is 0 Å². The molecule has 0 aromatic heterocycles. The van der Waals surface area contributed by atoms with E-state index < -0.39 is 28.5 Å². The van der Waals surface area contributed by atoms with Gasteiger partial charge in [-0.3, -0.25) is 19.3 Å². The number of ether oxygens (including phenoxy) is 1. The van der Waals surface area contributed by atoms with E-state index in [4.69, 9.17) is 15.6 Å². The topological polar surface area (TPSA) is 166 Å². The van der Waals surface area contributed by atoms with Crippen LogP contribution in [0.1, 0.15) is 33.1 Å². The number of carbonyl (C=O) groups is 3. The summed E-state index contributed by atoms with van der Waals surface area (Å²) >= 11 is 0. The van der Waals surface area contributed by atoms with Crippen molar-refractivity contribution in [1.82, 2.24) is 9.80 Å². The molecule has 12 heteroatoms. The summed E-state index contributed by atoms with van der Waals surface area (Å²) in [5.41, 5.74) is 4.35. The van der Waals surface area contributed by atoms with E-state index in [-0.39, 0.29) is 32.0 Å². The fourth-order valence-electron chi connectivity index (χ4n) is 2.82. The third-order valence-electron chi connectivity index (χ3n) is 4.63. The Morgan fingerprint density at radius 2 is 1.86 bits per heavy atom. The van der Waals surface area contributed by atoms with Crippen molar-refractivity contribution >= 4 is 17.8 Å². The van der Waals surface area contributed by atoms with Crippen molar-refractivity contribution in [2.75, 3.05) is 45.9 Å². The Kier molecular flexibility index (Phi) is 9.75. The normalized spacial score (nSPS) is 16.2. The first-order chi connectivity index (χ1) is 13.5. The lowest BCUT2D eigenvalue weighted by Crippen LogP contribution is -2.53. The molecule has 3 N–H and O–H groups in total. The van der Waals surface area contributed by atoms with Crippen LogP contribution in [0.2, 0.25) is 0 Å². The van der Waals surface area contributed by atoms with Crippen LogP contribution in [0.25, 0.3) is 0 Å². The number of rotatable bonds is 12. The monoisotopic (exact) mass is 418 g/mol. The van der Waals surface area contributed by atoms with Crippen LogP contribution >= 0.6 is 0 Å². The van der Waals surface area contributed by atoms with Gasteiger partial charge in [0.25, 0.3) is 5.09 Å². The average Bonchev–Trinajstić information content (AvgIpc) is 2.67. The number of hydrogen-bond donors (Lipinski definition) is 2. The lowest BCUT2D eigenvalue weighted by atomic mass is 9.92. The van der Waals surface area contributed by atoms with Gasteiger partial charge in [-0.2, -0.15) is 0 Å². The molecule has 0 unspecified atom stereocenters. The van der Waals surface area contributed by atoms with Gasteiger partial charge in [-0.15, -0.1) is 10.1 Å². The van der Waals surface area contributed by atoms with Crippen LogP contribution in [0, 0.1) is 15.5 Å². The molecule has 1 saturated heterocycles. The van der Waals surface area contributed by atoms with Crippen LogP contribution in [0.3, 0.4) is 0 Å². The molecular weight excluding hydrogens is 388 g/mol. The summed E-state index contributed by atoms with van der Waals surface area (Å²) < 4.78 is 5.07. The number of esters is 1. The van der Waals surface area contributed by atoms with Crippen LogP contribution in [0.4, 0.5) is 0 Å². The molecular formula is C17H30N4O8. The maximum Gasteiger partial charge on any atom is 0.320 e. The van der Waals surface area contributed by atoms with Crippen molar-refractivity contribution in [3.05, 3.63) is 10.1 Å². The maximum atomic E-state index is 12.5. The van der Waals surface area contributed by atoms with Gasteiger partial charge >= 0.3 is 11.9 Å². The number of piperazine rings is 1. The van der Waals surface area contributed by atoms with Crippen LogP contribution in [-0.2, 0) is 24.0 Å². The Bertz CT molecular complexity index is 590.